The molecule has 1 fully saturated rings. The summed E-state index contributed by atoms with van der Waals surface area (Å²) in [6, 6.07) is 8.41. The molecule has 8 nitrogen and oxygen atoms in total. The van der Waals surface area contributed by atoms with Crippen molar-refractivity contribution in [2.75, 3.05) is 18.0 Å². The molecule has 4 rings (SSSR count). The lowest BCUT2D eigenvalue weighted by molar-refractivity contribution is 0.0937. The number of ketones is 1. The van der Waals surface area contributed by atoms with Crippen LogP contribution in [-0.4, -0.2) is 37.6 Å². The largest absolute Gasteiger partial charge is 0.342 e. The lowest BCUT2D eigenvalue weighted by atomic mass is 9.99. The van der Waals surface area contributed by atoms with Gasteiger partial charge in [-0.2, -0.15) is 4.98 Å². The van der Waals surface area contributed by atoms with Crippen LogP contribution < -0.4 is 16.1 Å². The first-order chi connectivity index (χ1) is 14.3. The molecule has 30 heavy (non-hydrogen) atoms. The van der Waals surface area contributed by atoms with E-state index in [1.807, 2.05) is 18.2 Å². The zero-order valence-electron chi connectivity index (χ0n) is 17.8. The standard InChI is InChI=1S/C22H27N5O3/c1-14-10-12-26(13-11-14)21-23-19-17(20(29)25(4)22(30)24(19)3)27(21)15(2)18(28)16-8-6-5-7-9-16/h5-9,14-15H,10-13H2,1-4H3/t15-/m0/s1. The summed E-state index contributed by atoms with van der Waals surface area (Å²) in [6.07, 6.45) is 2.03. The van der Waals surface area contributed by atoms with Crippen molar-refractivity contribution in [3.8, 4) is 0 Å². The topological polar surface area (TPSA) is 82.1 Å². The number of aryl methyl sites for hydroxylation is 1. The van der Waals surface area contributed by atoms with Crippen LogP contribution in [0.25, 0.3) is 11.2 Å². The van der Waals surface area contributed by atoms with Crippen LogP contribution in [0.1, 0.15) is 43.1 Å². The lowest BCUT2D eigenvalue weighted by Crippen LogP contribution is -2.38. The predicted molar refractivity (Wildman–Crippen MR) is 116 cm³/mol. The molecule has 1 atom stereocenters. The fourth-order valence-corrected chi connectivity index (χ4v) is 4.16. The number of anilines is 1. The van der Waals surface area contributed by atoms with Gasteiger partial charge in [-0.3, -0.25) is 23.3 Å². The number of aromatic nitrogens is 4. The molecule has 0 unspecified atom stereocenters. The van der Waals surface area contributed by atoms with Crippen LogP contribution in [0.2, 0.25) is 0 Å². The van der Waals surface area contributed by atoms with Gasteiger partial charge in [0.2, 0.25) is 5.95 Å². The number of hydrogen-bond acceptors (Lipinski definition) is 5. The summed E-state index contributed by atoms with van der Waals surface area (Å²) in [5, 5.41) is 0. The van der Waals surface area contributed by atoms with Crippen LogP contribution in [0, 0.1) is 5.92 Å². The van der Waals surface area contributed by atoms with Crippen LogP contribution in [0.4, 0.5) is 5.95 Å². The van der Waals surface area contributed by atoms with E-state index in [2.05, 4.69) is 11.8 Å². The van der Waals surface area contributed by atoms with Crippen molar-refractivity contribution in [1.82, 2.24) is 18.7 Å². The molecule has 158 valence electrons. The number of benzene rings is 1. The van der Waals surface area contributed by atoms with Crippen molar-refractivity contribution in [2.45, 2.75) is 32.7 Å². The summed E-state index contributed by atoms with van der Waals surface area (Å²) in [5.74, 6) is 1.10. The molecule has 0 saturated carbocycles. The Labute approximate surface area is 174 Å². The van der Waals surface area contributed by atoms with Gasteiger partial charge in [-0.15, -0.1) is 0 Å². The second-order valence-electron chi connectivity index (χ2n) is 8.24. The number of nitrogens with zero attached hydrogens (tertiary/aromatic N) is 5. The summed E-state index contributed by atoms with van der Waals surface area (Å²) in [6.45, 7) is 5.61. The van der Waals surface area contributed by atoms with Gasteiger partial charge >= 0.3 is 5.69 Å². The van der Waals surface area contributed by atoms with Gasteiger partial charge in [-0.1, -0.05) is 37.3 Å². The van der Waals surface area contributed by atoms with Crippen LogP contribution in [0.3, 0.4) is 0 Å². The van der Waals surface area contributed by atoms with Gasteiger partial charge in [0.05, 0.1) is 6.04 Å². The Kier molecular flexibility index (Phi) is 5.09. The van der Waals surface area contributed by atoms with E-state index in [1.54, 1.807) is 30.7 Å². The van der Waals surface area contributed by atoms with Gasteiger partial charge in [0.15, 0.2) is 16.9 Å². The molecule has 0 N–H and O–H groups in total. The van der Waals surface area contributed by atoms with Crippen molar-refractivity contribution in [1.29, 1.82) is 0 Å². The monoisotopic (exact) mass is 409 g/mol. The molecule has 0 spiro atoms. The first kappa shape index (κ1) is 20.1. The molecule has 2 aromatic heterocycles. The first-order valence-corrected chi connectivity index (χ1v) is 10.3. The van der Waals surface area contributed by atoms with Gasteiger partial charge in [-0.05, 0) is 25.7 Å². The maximum absolute atomic E-state index is 13.3. The van der Waals surface area contributed by atoms with Gasteiger partial charge in [0.25, 0.3) is 5.56 Å². The van der Waals surface area contributed by atoms with E-state index in [0.29, 0.717) is 23.1 Å². The molecule has 1 aliphatic rings. The Morgan fingerprint density at radius 3 is 2.33 bits per heavy atom. The van der Waals surface area contributed by atoms with Gasteiger partial charge in [-0.25, -0.2) is 4.79 Å². The third kappa shape index (κ3) is 3.16. The smallest absolute Gasteiger partial charge is 0.332 e. The highest BCUT2D eigenvalue weighted by Gasteiger charge is 2.30. The van der Waals surface area contributed by atoms with E-state index in [-0.39, 0.29) is 11.3 Å². The molecule has 0 radical (unpaired) electrons. The molecule has 0 aliphatic carbocycles. The van der Waals surface area contributed by atoms with E-state index in [4.69, 9.17) is 4.98 Å². The minimum Gasteiger partial charge on any atom is -0.342 e. The molecule has 3 aromatic rings. The fourth-order valence-electron chi connectivity index (χ4n) is 4.16. The third-order valence-electron chi connectivity index (χ3n) is 6.16. The highest BCUT2D eigenvalue weighted by Crippen LogP contribution is 2.29. The van der Waals surface area contributed by atoms with E-state index in [9.17, 15) is 14.4 Å². The number of hydrogen-bond donors (Lipinski definition) is 0. The van der Waals surface area contributed by atoms with Crippen molar-refractivity contribution in [3.63, 3.8) is 0 Å². The third-order valence-corrected chi connectivity index (χ3v) is 6.16. The number of imidazole rings is 1. The average Bonchev–Trinajstić information content (AvgIpc) is 3.17. The Balaban J connectivity index is 1.95. The summed E-state index contributed by atoms with van der Waals surface area (Å²) < 4.78 is 4.17. The molecule has 0 amide bonds. The van der Waals surface area contributed by atoms with E-state index in [1.165, 1.54) is 11.6 Å². The van der Waals surface area contributed by atoms with Crippen molar-refractivity contribution in [3.05, 3.63) is 56.7 Å². The van der Waals surface area contributed by atoms with E-state index in [0.717, 1.165) is 30.5 Å². The average molecular weight is 409 g/mol. The molecule has 1 aliphatic heterocycles. The van der Waals surface area contributed by atoms with Crippen LogP contribution in [0.15, 0.2) is 39.9 Å². The Morgan fingerprint density at radius 2 is 1.70 bits per heavy atom. The predicted octanol–water partition coefficient (Wildman–Crippen LogP) is 2.11. The molecule has 3 heterocycles. The van der Waals surface area contributed by atoms with Crippen LogP contribution in [-0.2, 0) is 14.1 Å². The second kappa shape index (κ2) is 7.59. The molecule has 8 heteroatoms. The molecule has 1 aromatic carbocycles. The summed E-state index contributed by atoms with van der Waals surface area (Å²) in [5.41, 5.74) is 0.295. The van der Waals surface area contributed by atoms with Crippen molar-refractivity contribution < 1.29 is 4.79 Å². The molecule has 1 saturated heterocycles. The summed E-state index contributed by atoms with van der Waals surface area (Å²) in [7, 11) is 3.06. The van der Waals surface area contributed by atoms with Crippen molar-refractivity contribution >= 4 is 22.9 Å². The normalized spacial score (nSPS) is 16.2. The molecule has 0 bridgehead atoms. The Bertz CT molecular complexity index is 1210. The Morgan fingerprint density at radius 1 is 1.07 bits per heavy atom. The van der Waals surface area contributed by atoms with Gasteiger partial charge in [0, 0.05) is 32.7 Å². The Hall–Kier alpha value is -3.16. The maximum atomic E-state index is 13.3. The minimum absolute atomic E-state index is 0.0996. The van der Waals surface area contributed by atoms with Crippen LogP contribution >= 0.6 is 0 Å². The maximum Gasteiger partial charge on any atom is 0.332 e. The zero-order valence-corrected chi connectivity index (χ0v) is 17.8. The zero-order chi connectivity index (χ0) is 21.6. The highest BCUT2D eigenvalue weighted by atomic mass is 16.2. The van der Waals surface area contributed by atoms with Crippen molar-refractivity contribution in [2.24, 2.45) is 20.0 Å². The van der Waals surface area contributed by atoms with Gasteiger partial charge < -0.3 is 4.90 Å². The fraction of sp³-hybridized carbons (Fsp3) is 0.455. The SMILES string of the molecule is CC1CCN(c2nc3c(c(=O)n(C)c(=O)n3C)n2[C@@H](C)C(=O)c2ccccc2)CC1. The summed E-state index contributed by atoms with van der Waals surface area (Å²) in [4.78, 5) is 45.7. The van der Waals surface area contributed by atoms with E-state index >= 15 is 0 Å². The summed E-state index contributed by atoms with van der Waals surface area (Å²) >= 11 is 0. The number of rotatable bonds is 4. The van der Waals surface area contributed by atoms with Gasteiger partial charge in [0.1, 0.15) is 0 Å². The first-order valence-electron chi connectivity index (χ1n) is 10.3. The molecular weight excluding hydrogens is 382 g/mol. The minimum atomic E-state index is -0.642. The quantitative estimate of drug-likeness (QED) is 0.617. The van der Waals surface area contributed by atoms with E-state index < -0.39 is 17.3 Å². The number of piperidine rings is 1. The number of Topliss-reactive ketones (excluding diaryl/α,β-unsaturated/α-hetero) is 1. The number of carbonyl (C=O) groups is 1. The molecular formula is C22H27N5O3. The lowest BCUT2D eigenvalue weighted by Gasteiger charge is -2.32. The second-order valence-corrected chi connectivity index (χ2v) is 8.24. The highest BCUT2D eigenvalue weighted by molar-refractivity contribution is 5.99. The van der Waals surface area contributed by atoms with Crippen LogP contribution in [0.5, 0.6) is 0 Å². The number of fused-ring (bicyclic) bond motifs is 1. The number of carbonyl (C=O) groups excluding carboxylic acids is 1.